The van der Waals surface area contributed by atoms with Gasteiger partial charge in [0.2, 0.25) is 0 Å². The van der Waals surface area contributed by atoms with Crippen LogP contribution in [0, 0.1) is 5.82 Å². The summed E-state index contributed by atoms with van der Waals surface area (Å²) in [5.41, 5.74) is 6.68. The molecule has 2 nitrogen and oxygen atoms in total. The van der Waals surface area contributed by atoms with Gasteiger partial charge in [-0.3, -0.25) is 0 Å². The molecule has 70 valence electrons. The van der Waals surface area contributed by atoms with Crippen molar-refractivity contribution in [3.63, 3.8) is 0 Å². The van der Waals surface area contributed by atoms with Crippen molar-refractivity contribution in [3.8, 4) is 5.75 Å². The molecular weight excluding hydrogens is 169 g/mol. The number of hydrogen-bond acceptors (Lipinski definition) is 2. The summed E-state index contributed by atoms with van der Waals surface area (Å²) in [4.78, 5) is 0. The first-order valence-electron chi connectivity index (χ1n) is 4.42. The summed E-state index contributed by atoms with van der Waals surface area (Å²) in [6.45, 7) is 0.625. The van der Waals surface area contributed by atoms with Crippen LogP contribution in [0.4, 0.5) is 4.39 Å². The maximum absolute atomic E-state index is 12.9. The van der Waals surface area contributed by atoms with E-state index in [2.05, 4.69) is 0 Å². The van der Waals surface area contributed by atoms with Gasteiger partial charge in [-0.15, -0.1) is 0 Å². The Kier molecular flexibility index (Phi) is 2.19. The van der Waals surface area contributed by atoms with E-state index >= 15 is 0 Å². The summed E-state index contributed by atoms with van der Waals surface area (Å²) >= 11 is 0. The van der Waals surface area contributed by atoms with E-state index in [-0.39, 0.29) is 11.9 Å². The SMILES string of the molecule is NC1CCOc2ccc(F)cc2C1. The van der Waals surface area contributed by atoms with Gasteiger partial charge in [-0.2, -0.15) is 0 Å². The lowest BCUT2D eigenvalue weighted by Crippen LogP contribution is -2.22. The number of halogens is 1. The molecule has 0 saturated carbocycles. The van der Waals surface area contributed by atoms with Gasteiger partial charge in [-0.1, -0.05) is 0 Å². The molecule has 0 fully saturated rings. The molecule has 1 aliphatic heterocycles. The van der Waals surface area contributed by atoms with E-state index in [1.807, 2.05) is 0 Å². The third-order valence-corrected chi connectivity index (χ3v) is 2.25. The average Bonchev–Trinajstić information content (AvgIpc) is 2.25. The molecule has 1 aromatic carbocycles. The first-order chi connectivity index (χ1) is 6.25. The van der Waals surface area contributed by atoms with E-state index in [0.717, 1.165) is 17.7 Å². The molecule has 0 aliphatic carbocycles. The summed E-state index contributed by atoms with van der Waals surface area (Å²) in [6.07, 6.45) is 1.53. The molecule has 0 aromatic heterocycles. The van der Waals surface area contributed by atoms with Crippen molar-refractivity contribution in [2.45, 2.75) is 18.9 Å². The highest BCUT2D eigenvalue weighted by Crippen LogP contribution is 2.24. The zero-order valence-electron chi connectivity index (χ0n) is 7.29. The fraction of sp³-hybridized carbons (Fsp3) is 0.400. The van der Waals surface area contributed by atoms with Crippen molar-refractivity contribution in [1.29, 1.82) is 0 Å². The number of benzene rings is 1. The van der Waals surface area contributed by atoms with Gasteiger partial charge in [0, 0.05) is 6.04 Å². The fourth-order valence-electron chi connectivity index (χ4n) is 1.55. The largest absolute Gasteiger partial charge is 0.493 e. The maximum atomic E-state index is 12.9. The lowest BCUT2D eigenvalue weighted by Gasteiger charge is -2.06. The van der Waals surface area contributed by atoms with Crippen molar-refractivity contribution in [1.82, 2.24) is 0 Å². The number of nitrogens with two attached hydrogens (primary N) is 1. The van der Waals surface area contributed by atoms with Gasteiger partial charge in [0.05, 0.1) is 6.61 Å². The highest BCUT2D eigenvalue weighted by molar-refractivity contribution is 5.35. The second-order valence-electron chi connectivity index (χ2n) is 3.35. The number of hydrogen-bond donors (Lipinski definition) is 1. The minimum Gasteiger partial charge on any atom is -0.493 e. The Hall–Kier alpha value is -1.09. The summed E-state index contributed by atoms with van der Waals surface area (Å²) in [5.74, 6) is 0.547. The van der Waals surface area contributed by atoms with E-state index in [4.69, 9.17) is 10.5 Å². The van der Waals surface area contributed by atoms with Gasteiger partial charge in [0.15, 0.2) is 0 Å². The van der Waals surface area contributed by atoms with Crippen molar-refractivity contribution < 1.29 is 9.13 Å². The maximum Gasteiger partial charge on any atom is 0.123 e. The highest BCUT2D eigenvalue weighted by Gasteiger charge is 2.14. The van der Waals surface area contributed by atoms with Crippen LogP contribution in [0.15, 0.2) is 18.2 Å². The Labute approximate surface area is 76.5 Å². The van der Waals surface area contributed by atoms with Crippen LogP contribution in [-0.4, -0.2) is 12.6 Å². The zero-order chi connectivity index (χ0) is 9.26. The van der Waals surface area contributed by atoms with Crippen LogP contribution < -0.4 is 10.5 Å². The Morgan fingerprint density at radius 1 is 1.46 bits per heavy atom. The Balaban J connectivity index is 2.35. The van der Waals surface area contributed by atoms with Crippen molar-refractivity contribution >= 4 is 0 Å². The van der Waals surface area contributed by atoms with Crippen LogP contribution in [0.3, 0.4) is 0 Å². The third-order valence-electron chi connectivity index (χ3n) is 2.25. The van der Waals surface area contributed by atoms with E-state index in [1.54, 1.807) is 6.07 Å². The van der Waals surface area contributed by atoms with E-state index in [0.29, 0.717) is 13.0 Å². The van der Waals surface area contributed by atoms with Gasteiger partial charge < -0.3 is 10.5 Å². The first-order valence-corrected chi connectivity index (χ1v) is 4.42. The monoisotopic (exact) mass is 181 g/mol. The highest BCUT2D eigenvalue weighted by atomic mass is 19.1. The van der Waals surface area contributed by atoms with Crippen LogP contribution in [0.5, 0.6) is 5.75 Å². The summed E-state index contributed by atoms with van der Waals surface area (Å²) in [7, 11) is 0. The van der Waals surface area contributed by atoms with E-state index < -0.39 is 0 Å². The molecular formula is C10H12FNO. The second kappa shape index (κ2) is 3.34. The molecule has 0 radical (unpaired) electrons. The van der Waals surface area contributed by atoms with Gasteiger partial charge in [0.25, 0.3) is 0 Å². The number of ether oxygens (including phenoxy) is 1. The van der Waals surface area contributed by atoms with Crippen LogP contribution >= 0.6 is 0 Å². The predicted molar refractivity (Wildman–Crippen MR) is 48.2 cm³/mol. The lowest BCUT2D eigenvalue weighted by molar-refractivity contribution is 0.310. The number of rotatable bonds is 0. The molecule has 2 rings (SSSR count). The molecule has 0 saturated heterocycles. The normalized spacial score (nSPS) is 21.5. The smallest absolute Gasteiger partial charge is 0.123 e. The number of fused-ring (bicyclic) bond motifs is 1. The van der Waals surface area contributed by atoms with Crippen LogP contribution in [-0.2, 0) is 6.42 Å². The van der Waals surface area contributed by atoms with Crippen molar-refractivity contribution in [2.24, 2.45) is 5.73 Å². The summed E-state index contributed by atoms with van der Waals surface area (Å²) in [6, 6.07) is 4.67. The molecule has 1 unspecified atom stereocenters. The van der Waals surface area contributed by atoms with Gasteiger partial charge >= 0.3 is 0 Å². The van der Waals surface area contributed by atoms with Gasteiger partial charge in [0.1, 0.15) is 11.6 Å². The Morgan fingerprint density at radius 3 is 3.15 bits per heavy atom. The second-order valence-corrected chi connectivity index (χ2v) is 3.35. The standard InChI is InChI=1S/C10H12FNO/c11-8-1-2-10-7(5-8)6-9(12)3-4-13-10/h1-2,5,9H,3-4,6,12H2. The first kappa shape index (κ1) is 8.51. The van der Waals surface area contributed by atoms with Crippen LogP contribution in [0.2, 0.25) is 0 Å². The summed E-state index contributed by atoms with van der Waals surface area (Å²) < 4.78 is 18.3. The minimum atomic E-state index is -0.226. The van der Waals surface area contributed by atoms with E-state index in [1.165, 1.54) is 12.1 Å². The van der Waals surface area contributed by atoms with E-state index in [9.17, 15) is 4.39 Å². The molecule has 1 atom stereocenters. The van der Waals surface area contributed by atoms with Gasteiger partial charge in [-0.05, 0) is 36.6 Å². The van der Waals surface area contributed by atoms with Crippen molar-refractivity contribution in [3.05, 3.63) is 29.6 Å². The Bertz CT molecular complexity index is 314. The minimum absolute atomic E-state index is 0.0862. The lowest BCUT2D eigenvalue weighted by atomic mass is 10.0. The molecule has 1 aliphatic rings. The molecule has 1 aromatic rings. The molecule has 0 amide bonds. The van der Waals surface area contributed by atoms with Crippen LogP contribution in [0.1, 0.15) is 12.0 Å². The summed E-state index contributed by atoms with van der Waals surface area (Å²) in [5, 5.41) is 0. The molecule has 2 N–H and O–H groups in total. The van der Waals surface area contributed by atoms with Crippen LogP contribution in [0.25, 0.3) is 0 Å². The van der Waals surface area contributed by atoms with Gasteiger partial charge in [-0.25, -0.2) is 4.39 Å². The Morgan fingerprint density at radius 2 is 2.31 bits per heavy atom. The third kappa shape index (κ3) is 1.80. The predicted octanol–water partition coefficient (Wildman–Crippen LogP) is 1.48. The fourth-order valence-corrected chi connectivity index (χ4v) is 1.55. The van der Waals surface area contributed by atoms with Crippen molar-refractivity contribution in [2.75, 3.05) is 6.61 Å². The zero-order valence-corrected chi connectivity index (χ0v) is 7.29. The topological polar surface area (TPSA) is 35.2 Å². The quantitative estimate of drug-likeness (QED) is 0.658. The molecule has 13 heavy (non-hydrogen) atoms. The molecule has 0 spiro atoms. The molecule has 0 bridgehead atoms. The molecule has 3 heteroatoms. The molecule has 1 heterocycles. The average molecular weight is 181 g/mol.